The van der Waals surface area contributed by atoms with Gasteiger partial charge in [-0.15, -0.1) is 0 Å². The van der Waals surface area contributed by atoms with E-state index < -0.39 is 5.60 Å². The van der Waals surface area contributed by atoms with Crippen molar-refractivity contribution in [2.45, 2.75) is 11.6 Å². The summed E-state index contributed by atoms with van der Waals surface area (Å²) >= 11 is 1.80. The van der Waals surface area contributed by atoms with E-state index in [-0.39, 0.29) is 6.04 Å². The highest BCUT2D eigenvalue weighted by molar-refractivity contribution is 8.00. The number of hydrogen-bond donors (Lipinski definition) is 1. The van der Waals surface area contributed by atoms with Crippen LogP contribution in [0.3, 0.4) is 0 Å². The SMILES string of the molecule is OC1([C@@H]2c3ccccc3-c3cncn32)CSC1. The minimum atomic E-state index is -0.604. The van der Waals surface area contributed by atoms with Crippen LogP contribution in [0.25, 0.3) is 11.3 Å². The summed E-state index contributed by atoms with van der Waals surface area (Å²) in [6.45, 7) is 0. The molecule has 4 rings (SSSR count). The van der Waals surface area contributed by atoms with Crippen LogP contribution in [-0.4, -0.2) is 31.8 Å². The number of benzene rings is 1. The Kier molecular flexibility index (Phi) is 1.80. The Morgan fingerprint density at radius 3 is 2.94 bits per heavy atom. The number of fused-ring (bicyclic) bond motifs is 3. The molecule has 0 aliphatic carbocycles. The second kappa shape index (κ2) is 3.15. The number of hydrogen-bond acceptors (Lipinski definition) is 3. The van der Waals surface area contributed by atoms with Crippen LogP contribution in [0, 0.1) is 0 Å². The van der Waals surface area contributed by atoms with Gasteiger partial charge in [0.25, 0.3) is 0 Å². The Bertz CT molecular complexity index is 589. The van der Waals surface area contributed by atoms with Crippen LogP contribution in [0.1, 0.15) is 11.6 Å². The molecule has 0 radical (unpaired) electrons. The van der Waals surface area contributed by atoms with Gasteiger partial charge in [0.15, 0.2) is 0 Å². The molecule has 0 unspecified atom stereocenters. The summed E-state index contributed by atoms with van der Waals surface area (Å²) in [6, 6.07) is 8.35. The Morgan fingerprint density at radius 2 is 2.18 bits per heavy atom. The van der Waals surface area contributed by atoms with Gasteiger partial charge in [0.2, 0.25) is 0 Å². The van der Waals surface area contributed by atoms with Gasteiger partial charge in [-0.2, -0.15) is 11.8 Å². The van der Waals surface area contributed by atoms with Crippen molar-refractivity contribution in [3.8, 4) is 11.3 Å². The summed E-state index contributed by atoms with van der Waals surface area (Å²) in [7, 11) is 0. The number of rotatable bonds is 1. The van der Waals surface area contributed by atoms with Gasteiger partial charge in [-0.05, 0) is 5.56 Å². The first-order valence-corrected chi connectivity index (χ1v) is 6.86. The van der Waals surface area contributed by atoms with E-state index in [1.165, 1.54) is 11.1 Å². The fourth-order valence-electron chi connectivity index (χ4n) is 2.85. The molecule has 0 bridgehead atoms. The van der Waals surface area contributed by atoms with Gasteiger partial charge in [0.05, 0.1) is 24.3 Å². The molecule has 1 atom stereocenters. The lowest BCUT2D eigenvalue weighted by molar-refractivity contribution is 0.0403. The number of nitrogens with zero attached hydrogens (tertiary/aromatic N) is 2. The number of aliphatic hydroxyl groups is 1. The van der Waals surface area contributed by atoms with Crippen molar-refractivity contribution >= 4 is 11.8 Å². The standard InChI is InChI=1S/C13H12N2OS/c16-13(6-17-7-13)12-10-4-2-1-3-9(10)11-5-14-8-15(11)12/h1-5,8,12,16H,6-7H2/t12-/m0/s1. The molecule has 1 aromatic heterocycles. The van der Waals surface area contributed by atoms with E-state index in [4.69, 9.17) is 0 Å². The third kappa shape index (κ3) is 1.14. The third-order valence-corrected chi connectivity index (χ3v) is 5.10. The molecule has 2 aliphatic rings. The third-order valence-electron chi connectivity index (χ3n) is 3.69. The Morgan fingerprint density at radius 1 is 1.35 bits per heavy atom. The molecule has 2 aliphatic heterocycles. The summed E-state index contributed by atoms with van der Waals surface area (Å²) in [5.74, 6) is 1.62. The largest absolute Gasteiger partial charge is 0.386 e. The second-order valence-corrected chi connectivity index (χ2v) is 5.76. The quantitative estimate of drug-likeness (QED) is 0.833. The van der Waals surface area contributed by atoms with Gasteiger partial charge in [-0.25, -0.2) is 4.98 Å². The molecule has 17 heavy (non-hydrogen) atoms. The average Bonchev–Trinajstić information content (AvgIpc) is 2.85. The zero-order chi connectivity index (χ0) is 11.5. The first-order chi connectivity index (χ1) is 8.30. The molecule has 2 aromatic rings. The molecule has 0 amide bonds. The maximum atomic E-state index is 10.7. The molecule has 1 saturated heterocycles. The lowest BCUT2D eigenvalue weighted by atomic mass is 9.90. The van der Waals surface area contributed by atoms with Gasteiger partial charge >= 0.3 is 0 Å². The molecule has 1 N–H and O–H groups in total. The summed E-state index contributed by atoms with van der Waals surface area (Å²) < 4.78 is 2.12. The van der Waals surface area contributed by atoms with E-state index in [0.29, 0.717) is 0 Å². The van der Waals surface area contributed by atoms with Gasteiger partial charge in [-0.3, -0.25) is 0 Å². The number of imidazole rings is 1. The fraction of sp³-hybridized carbons (Fsp3) is 0.308. The molecule has 86 valence electrons. The van der Waals surface area contributed by atoms with Crippen molar-refractivity contribution in [2.75, 3.05) is 11.5 Å². The lowest BCUT2D eigenvalue weighted by Gasteiger charge is -2.41. The summed E-state index contributed by atoms with van der Waals surface area (Å²) in [5.41, 5.74) is 2.95. The Hall–Kier alpha value is -1.26. The minimum Gasteiger partial charge on any atom is -0.386 e. The van der Waals surface area contributed by atoms with Crippen LogP contribution in [0.2, 0.25) is 0 Å². The zero-order valence-corrected chi connectivity index (χ0v) is 10.0. The van der Waals surface area contributed by atoms with Crippen LogP contribution < -0.4 is 0 Å². The predicted octanol–water partition coefficient (Wildman–Crippen LogP) is 1.93. The van der Waals surface area contributed by atoms with E-state index in [0.717, 1.165) is 17.2 Å². The number of thioether (sulfide) groups is 1. The van der Waals surface area contributed by atoms with Crippen molar-refractivity contribution in [2.24, 2.45) is 0 Å². The summed E-state index contributed by atoms with van der Waals surface area (Å²) in [6.07, 6.45) is 3.72. The average molecular weight is 244 g/mol. The zero-order valence-electron chi connectivity index (χ0n) is 9.21. The maximum absolute atomic E-state index is 10.7. The monoisotopic (exact) mass is 244 g/mol. The topological polar surface area (TPSA) is 38.1 Å². The minimum absolute atomic E-state index is 0.0393. The van der Waals surface area contributed by atoms with E-state index in [1.54, 1.807) is 11.8 Å². The van der Waals surface area contributed by atoms with Gasteiger partial charge in [-0.1, -0.05) is 24.3 Å². The van der Waals surface area contributed by atoms with E-state index in [1.807, 2.05) is 24.7 Å². The lowest BCUT2D eigenvalue weighted by Crippen LogP contribution is -2.50. The van der Waals surface area contributed by atoms with Gasteiger partial charge < -0.3 is 9.67 Å². The van der Waals surface area contributed by atoms with Crippen LogP contribution in [0.4, 0.5) is 0 Å². The van der Waals surface area contributed by atoms with Crippen molar-refractivity contribution in [3.05, 3.63) is 42.4 Å². The smallest absolute Gasteiger partial charge is 0.107 e. The van der Waals surface area contributed by atoms with Crippen molar-refractivity contribution in [1.82, 2.24) is 9.55 Å². The predicted molar refractivity (Wildman–Crippen MR) is 68.1 cm³/mol. The molecular formula is C13H12N2OS. The highest BCUT2D eigenvalue weighted by Gasteiger charge is 2.48. The van der Waals surface area contributed by atoms with Crippen molar-refractivity contribution in [3.63, 3.8) is 0 Å². The molecular weight excluding hydrogens is 232 g/mol. The molecule has 0 spiro atoms. The molecule has 1 aromatic carbocycles. The summed E-state index contributed by atoms with van der Waals surface area (Å²) in [5, 5.41) is 10.7. The first-order valence-electron chi connectivity index (χ1n) is 5.71. The highest BCUT2D eigenvalue weighted by Crippen LogP contribution is 2.49. The van der Waals surface area contributed by atoms with E-state index in [2.05, 4.69) is 21.7 Å². The van der Waals surface area contributed by atoms with E-state index >= 15 is 0 Å². The van der Waals surface area contributed by atoms with Gasteiger partial charge in [0.1, 0.15) is 5.60 Å². The maximum Gasteiger partial charge on any atom is 0.107 e. The van der Waals surface area contributed by atoms with Gasteiger partial charge in [0, 0.05) is 17.1 Å². The van der Waals surface area contributed by atoms with Crippen LogP contribution in [-0.2, 0) is 0 Å². The van der Waals surface area contributed by atoms with Crippen molar-refractivity contribution < 1.29 is 5.11 Å². The van der Waals surface area contributed by atoms with E-state index in [9.17, 15) is 5.11 Å². The van der Waals surface area contributed by atoms with Crippen molar-refractivity contribution in [1.29, 1.82) is 0 Å². The number of aromatic nitrogens is 2. The molecule has 0 saturated carbocycles. The first kappa shape index (κ1) is 9.74. The normalized spacial score (nSPS) is 23.9. The van der Waals surface area contributed by atoms with Crippen LogP contribution in [0.5, 0.6) is 0 Å². The fourth-order valence-corrected chi connectivity index (χ4v) is 3.79. The molecule has 3 nitrogen and oxygen atoms in total. The van der Waals surface area contributed by atoms with Crippen LogP contribution >= 0.6 is 11.8 Å². The summed E-state index contributed by atoms with van der Waals surface area (Å²) in [4.78, 5) is 4.21. The highest BCUT2D eigenvalue weighted by atomic mass is 32.2. The molecule has 1 fully saturated rings. The Labute approximate surface area is 103 Å². The van der Waals surface area contributed by atoms with Crippen LogP contribution in [0.15, 0.2) is 36.8 Å². The Balaban J connectivity index is 1.96. The molecule has 4 heteroatoms. The second-order valence-electron chi connectivity index (χ2n) is 4.77. The molecule has 3 heterocycles.